The average Bonchev–Trinajstić information content (AvgIpc) is 2.27. The molecule has 1 aromatic rings. The molecule has 1 unspecified atom stereocenters. The standard InChI is InChI=1S/C11H14ClNO3S/c1-3-17(15,16)11(2,12)10(14)8-5-4-6-9(13)7-8/h4-7H,3,13H2,1-2H3. The number of hydrogen-bond donors (Lipinski definition) is 1. The van der Waals surface area contributed by atoms with E-state index in [1.54, 1.807) is 12.1 Å². The van der Waals surface area contributed by atoms with Gasteiger partial charge < -0.3 is 5.73 Å². The number of benzene rings is 1. The molecule has 1 rings (SSSR count). The van der Waals surface area contributed by atoms with Crippen LogP contribution in [-0.2, 0) is 9.84 Å². The number of rotatable bonds is 4. The quantitative estimate of drug-likeness (QED) is 0.517. The normalized spacial score (nSPS) is 15.2. The molecule has 17 heavy (non-hydrogen) atoms. The first-order valence-electron chi connectivity index (χ1n) is 5.04. The number of nitrogens with two attached hydrogens (primary N) is 1. The molecule has 4 nitrogen and oxygen atoms in total. The molecule has 0 spiro atoms. The highest BCUT2D eigenvalue weighted by Crippen LogP contribution is 2.28. The monoisotopic (exact) mass is 275 g/mol. The number of anilines is 1. The zero-order valence-corrected chi connectivity index (χ0v) is 11.2. The molecule has 0 bridgehead atoms. The minimum atomic E-state index is -3.68. The Morgan fingerprint density at radius 3 is 2.53 bits per heavy atom. The third-order valence-corrected chi connectivity index (χ3v) is 5.51. The van der Waals surface area contributed by atoms with Crippen molar-refractivity contribution in [2.45, 2.75) is 18.1 Å². The first kappa shape index (κ1) is 14.0. The zero-order valence-electron chi connectivity index (χ0n) is 9.60. The fourth-order valence-corrected chi connectivity index (χ4v) is 2.73. The van der Waals surface area contributed by atoms with Gasteiger partial charge in [-0.25, -0.2) is 8.42 Å². The number of sulfone groups is 1. The van der Waals surface area contributed by atoms with Crippen molar-refractivity contribution < 1.29 is 13.2 Å². The van der Waals surface area contributed by atoms with Crippen molar-refractivity contribution in [3.05, 3.63) is 29.8 Å². The summed E-state index contributed by atoms with van der Waals surface area (Å²) in [5.74, 6) is -0.852. The fourth-order valence-electron chi connectivity index (χ4n) is 1.35. The molecule has 0 aliphatic carbocycles. The van der Waals surface area contributed by atoms with Crippen LogP contribution in [0.3, 0.4) is 0 Å². The van der Waals surface area contributed by atoms with Crippen molar-refractivity contribution in [3.63, 3.8) is 0 Å². The van der Waals surface area contributed by atoms with Crippen molar-refractivity contribution in [3.8, 4) is 0 Å². The lowest BCUT2D eigenvalue weighted by Gasteiger charge is -2.20. The lowest BCUT2D eigenvalue weighted by molar-refractivity contribution is 0.0978. The Morgan fingerprint density at radius 1 is 1.47 bits per heavy atom. The fraction of sp³-hybridized carbons (Fsp3) is 0.364. The molecule has 0 fully saturated rings. The maximum absolute atomic E-state index is 12.1. The maximum atomic E-state index is 12.1. The number of carbonyl (C=O) groups is 1. The summed E-state index contributed by atoms with van der Waals surface area (Å²) in [5, 5.41) is 0. The number of Topliss-reactive ketones (excluding diaryl/α,β-unsaturated/α-hetero) is 1. The largest absolute Gasteiger partial charge is 0.399 e. The Balaban J connectivity index is 3.23. The van der Waals surface area contributed by atoms with Crippen molar-refractivity contribution in [2.75, 3.05) is 11.5 Å². The van der Waals surface area contributed by atoms with Crippen LogP contribution in [0.15, 0.2) is 24.3 Å². The average molecular weight is 276 g/mol. The van der Waals surface area contributed by atoms with Gasteiger partial charge in [-0.2, -0.15) is 0 Å². The molecule has 0 saturated heterocycles. The minimum absolute atomic E-state index is 0.193. The summed E-state index contributed by atoms with van der Waals surface area (Å²) in [7, 11) is -3.68. The summed E-state index contributed by atoms with van der Waals surface area (Å²) in [6, 6.07) is 6.09. The number of hydrogen-bond acceptors (Lipinski definition) is 4. The molecule has 94 valence electrons. The molecule has 0 amide bonds. The van der Waals surface area contributed by atoms with Crippen LogP contribution >= 0.6 is 11.6 Å². The van der Waals surface area contributed by atoms with Crippen LogP contribution in [0, 0.1) is 0 Å². The van der Waals surface area contributed by atoms with Gasteiger partial charge in [0.05, 0.1) is 0 Å². The van der Waals surface area contributed by atoms with E-state index in [-0.39, 0.29) is 11.3 Å². The molecule has 1 aromatic carbocycles. The molecule has 0 heterocycles. The van der Waals surface area contributed by atoms with Crippen LogP contribution in [0.5, 0.6) is 0 Å². The third-order valence-electron chi connectivity index (χ3n) is 2.52. The lowest BCUT2D eigenvalue weighted by atomic mass is 10.1. The summed E-state index contributed by atoms with van der Waals surface area (Å²) in [6.45, 7) is 2.64. The summed E-state index contributed by atoms with van der Waals surface area (Å²) in [6.07, 6.45) is 0. The van der Waals surface area contributed by atoms with Gasteiger partial charge in [0.1, 0.15) is 0 Å². The van der Waals surface area contributed by atoms with Gasteiger partial charge in [0.15, 0.2) is 15.6 Å². The van der Waals surface area contributed by atoms with Crippen LogP contribution in [-0.4, -0.2) is 24.2 Å². The second-order valence-corrected chi connectivity index (χ2v) is 7.38. The highest BCUT2D eigenvalue weighted by Gasteiger charge is 2.43. The topological polar surface area (TPSA) is 77.2 Å². The van der Waals surface area contributed by atoms with E-state index in [1.165, 1.54) is 26.0 Å². The smallest absolute Gasteiger partial charge is 0.205 e. The number of carbonyl (C=O) groups excluding carboxylic acids is 1. The molecule has 0 aliphatic heterocycles. The number of ketones is 1. The predicted molar refractivity (Wildman–Crippen MR) is 68.9 cm³/mol. The second-order valence-electron chi connectivity index (χ2n) is 3.77. The molecular formula is C11H14ClNO3S. The molecule has 0 radical (unpaired) electrons. The van der Waals surface area contributed by atoms with Gasteiger partial charge in [0.25, 0.3) is 0 Å². The molecule has 0 aromatic heterocycles. The predicted octanol–water partition coefficient (Wildman–Crippen LogP) is 1.84. The molecule has 0 saturated carbocycles. The van der Waals surface area contributed by atoms with Gasteiger partial charge in [0.2, 0.25) is 4.21 Å². The van der Waals surface area contributed by atoms with Gasteiger partial charge in [-0.15, -0.1) is 0 Å². The van der Waals surface area contributed by atoms with Gasteiger partial charge in [0, 0.05) is 17.0 Å². The van der Waals surface area contributed by atoms with Gasteiger partial charge >= 0.3 is 0 Å². The Labute approximate surface area is 106 Å². The lowest BCUT2D eigenvalue weighted by Crippen LogP contribution is -2.39. The summed E-state index contributed by atoms with van der Waals surface area (Å²) >= 11 is 5.89. The third kappa shape index (κ3) is 2.61. The summed E-state index contributed by atoms with van der Waals surface area (Å²) in [4.78, 5) is 12.1. The van der Waals surface area contributed by atoms with E-state index in [9.17, 15) is 13.2 Å². The van der Waals surface area contributed by atoms with E-state index < -0.39 is 19.8 Å². The Bertz CT molecular complexity index is 537. The maximum Gasteiger partial charge on any atom is 0.205 e. The zero-order chi connectivity index (χ0) is 13.3. The van der Waals surface area contributed by atoms with Crippen LogP contribution in [0.2, 0.25) is 0 Å². The Morgan fingerprint density at radius 2 is 2.06 bits per heavy atom. The first-order valence-corrected chi connectivity index (χ1v) is 7.07. The van der Waals surface area contributed by atoms with Crippen LogP contribution in [0.4, 0.5) is 5.69 Å². The van der Waals surface area contributed by atoms with Crippen molar-refractivity contribution in [2.24, 2.45) is 0 Å². The number of nitrogen functional groups attached to an aromatic ring is 1. The van der Waals surface area contributed by atoms with E-state index >= 15 is 0 Å². The molecular weight excluding hydrogens is 262 g/mol. The number of alkyl halides is 1. The van der Waals surface area contributed by atoms with Gasteiger partial charge in [-0.1, -0.05) is 30.7 Å². The highest BCUT2D eigenvalue weighted by molar-refractivity contribution is 7.95. The van der Waals surface area contributed by atoms with Crippen LogP contribution < -0.4 is 5.73 Å². The van der Waals surface area contributed by atoms with E-state index in [0.717, 1.165) is 0 Å². The SMILES string of the molecule is CCS(=O)(=O)C(C)(Cl)C(=O)c1cccc(N)c1. The molecule has 1 atom stereocenters. The Kier molecular flexibility index (Phi) is 3.84. The van der Waals surface area contributed by atoms with E-state index in [1.807, 2.05) is 0 Å². The number of halogens is 1. The van der Waals surface area contributed by atoms with Gasteiger partial charge in [-0.3, -0.25) is 4.79 Å². The van der Waals surface area contributed by atoms with Crippen molar-refractivity contribution in [1.82, 2.24) is 0 Å². The summed E-state index contributed by atoms with van der Waals surface area (Å²) < 4.78 is 21.5. The summed E-state index contributed by atoms with van der Waals surface area (Å²) in [5.41, 5.74) is 6.12. The van der Waals surface area contributed by atoms with E-state index in [0.29, 0.717) is 5.69 Å². The van der Waals surface area contributed by atoms with Crippen molar-refractivity contribution in [1.29, 1.82) is 0 Å². The first-order chi connectivity index (χ1) is 7.72. The van der Waals surface area contributed by atoms with E-state index in [4.69, 9.17) is 17.3 Å². The minimum Gasteiger partial charge on any atom is -0.399 e. The Hall–Kier alpha value is -1.07. The molecule has 6 heteroatoms. The molecule has 0 aliphatic rings. The van der Waals surface area contributed by atoms with Crippen molar-refractivity contribution >= 4 is 32.9 Å². The van der Waals surface area contributed by atoms with Gasteiger partial charge in [-0.05, 0) is 19.1 Å². The highest BCUT2D eigenvalue weighted by atomic mass is 35.5. The molecule has 2 N–H and O–H groups in total. The van der Waals surface area contributed by atoms with Crippen LogP contribution in [0.1, 0.15) is 24.2 Å². The van der Waals surface area contributed by atoms with E-state index in [2.05, 4.69) is 0 Å². The second kappa shape index (κ2) is 4.66. The van der Waals surface area contributed by atoms with Crippen LogP contribution in [0.25, 0.3) is 0 Å².